The quantitative estimate of drug-likeness (QED) is 0.940. The van der Waals surface area contributed by atoms with Crippen LogP contribution in [0.2, 0.25) is 0 Å². The molecule has 0 fully saturated rings. The molecule has 1 atom stereocenters. The summed E-state index contributed by atoms with van der Waals surface area (Å²) in [6, 6.07) is 10.2. The molecule has 0 saturated carbocycles. The highest BCUT2D eigenvalue weighted by Gasteiger charge is 2.41. The number of carboxylic acids is 1. The minimum atomic E-state index is -0.705. The summed E-state index contributed by atoms with van der Waals surface area (Å²) in [5.74, 6) is -0.696. The second kappa shape index (κ2) is 5.32. The maximum atomic E-state index is 12.0. The molecule has 1 heterocycles. The summed E-state index contributed by atoms with van der Waals surface area (Å²) < 4.78 is 0. The van der Waals surface area contributed by atoms with Gasteiger partial charge in [-0.1, -0.05) is 30.3 Å². The Labute approximate surface area is 124 Å². The van der Waals surface area contributed by atoms with Gasteiger partial charge in [0.1, 0.15) is 0 Å². The van der Waals surface area contributed by atoms with Crippen molar-refractivity contribution >= 4 is 5.97 Å². The molecule has 108 valence electrons. The molecule has 0 bridgehead atoms. The molecule has 1 aliphatic rings. The topological polar surface area (TPSA) is 50.2 Å². The third-order valence-corrected chi connectivity index (χ3v) is 4.45. The van der Waals surface area contributed by atoms with E-state index in [2.05, 4.69) is 17.1 Å². The molecule has 3 heteroatoms. The Balaban J connectivity index is 1.93. The predicted octanol–water partition coefficient (Wildman–Crippen LogP) is 3.19. The van der Waals surface area contributed by atoms with Crippen molar-refractivity contribution in [1.29, 1.82) is 0 Å². The summed E-state index contributed by atoms with van der Waals surface area (Å²) in [6.07, 6.45) is 6.26. The number of hydrogen-bond donors (Lipinski definition) is 1. The van der Waals surface area contributed by atoms with Gasteiger partial charge in [0.05, 0.1) is 5.41 Å². The molecule has 2 aromatic rings. The Bertz CT molecular complexity index is 680. The Morgan fingerprint density at radius 3 is 2.76 bits per heavy atom. The van der Waals surface area contributed by atoms with Gasteiger partial charge in [-0.05, 0) is 54.9 Å². The number of carboxylic acid groups (broad SMARTS) is 1. The number of rotatable bonds is 3. The van der Waals surface area contributed by atoms with E-state index in [0.29, 0.717) is 19.3 Å². The molecule has 3 rings (SSSR count). The number of fused-ring (bicyclic) bond motifs is 1. The van der Waals surface area contributed by atoms with Crippen LogP contribution < -0.4 is 0 Å². The van der Waals surface area contributed by atoms with Crippen molar-refractivity contribution in [3.05, 3.63) is 65.0 Å². The van der Waals surface area contributed by atoms with E-state index in [1.807, 2.05) is 25.1 Å². The summed E-state index contributed by atoms with van der Waals surface area (Å²) in [5.41, 5.74) is 3.84. The molecule has 1 aliphatic carbocycles. The number of benzene rings is 1. The lowest BCUT2D eigenvalue weighted by Crippen LogP contribution is -2.39. The smallest absolute Gasteiger partial charge is 0.310 e. The molecule has 1 unspecified atom stereocenters. The molecule has 1 N–H and O–H groups in total. The summed E-state index contributed by atoms with van der Waals surface area (Å²) in [6.45, 7) is 1.99. The van der Waals surface area contributed by atoms with E-state index in [1.54, 1.807) is 12.4 Å². The van der Waals surface area contributed by atoms with Crippen molar-refractivity contribution in [3.63, 3.8) is 0 Å². The zero-order valence-electron chi connectivity index (χ0n) is 12.2. The summed E-state index contributed by atoms with van der Waals surface area (Å²) >= 11 is 0. The summed E-state index contributed by atoms with van der Waals surface area (Å²) in [7, 11) is 0. The average molecular weight is 281 g/mol. The first-order valence-electron chi connectivity index (χ1n) is 7.30. The third kappa shape index (κ3) is 2.68. The molecule has 0 spiro atoms. The maximum Gasteiger partial charge on any atom is 0.310 e. The van der Waals surface area contributed by atoms with Crippen molar-refractivity contribution in [3.8, 4) is 0 Å². The monoisotopic (exact) mass is 281 g/mol. The zero-order chi connectivity index (χ0) is 14.9. The highest BCUT2D eigenvalue weighted by atomic mass is 16.4. The lowest BCUT2D eigenvalue weighted by atomic mass is 9.68. The van der Waals surface area contributed by atoms with Gasteiger partial charge in [-0.15, -0.1) is 0 Å². The predicted molar refractivity (Wildman–Crippen MR) is 81.2 cm³/mol. The van der Waals surface area contributed by atoms with Gasteiger partial charge in [0, 0.05) is 12.4 Å². The fourth-order valence-electron chi connectivity index (χ4n) is 3.31. The summed E-state index contributed by atoms with van der Waals surface area (Å²) in [4.78, 5) is 16.1. The van der Waals surface area contributed by atoms with E-state index in [4.69, 9.17) is 0 Å². The van der Waals surface area contributed by atoms with Gasteiger partial charge in [-0.25, -0.2) is 0 Å². The van der Waals surface area contributed by atoms with E-state index >= 15 is 0 Å². The van der Waals surface area contributed by atoms with E-state index in [1.165, 1.54) is 11.1 Å². The second-order valence-corrected chi connectivity index (χ2v) is 6.08. The van der Waals surface area contributed by atoms with Crippen molar-refractivity contribution < 1.29 is 9.90 Å². The molecule has 0 aliphatic heterocycles. The highest BCUT2D eigenvalue weighted by Crippen LogP contribution is 2.38. The first-order chi connectivity index (χ1) is 10.1. The van der Waals surface area contributed by atoms with E-state index in [-0.39, 0.29) is 0 Å². The average Bonchev–Trinajstić information content (AvgIpc) is 2.47. The molecule has 0 saturated heterocycles. The molecule has 0 amide bonds. The van der Waals surface area contributed by atoms with E-state index in [9.17, 15) is 9.90 Å². The van der Waals surface area contributed by atoms with Gasteiger partial charge in [0.2, 0.25) is 0 Å². The van der Waals surface area contributed by atoms with Crippen LogP contribution in [0, 0.1) is 12.3 Å². The largest absolute Gasteiger partial charge is 0.481 e. The zero-order valence-corrected chi connectivity index (χ0v) is 12.2. The van der Waals surface area contributed by atoms with Crippen LogP contribution in [0.1, 0.15) is 28.7 Å². The van der Waals surface area contributed by atoms with Crippen LogP contribution in [-0.2, 0) is 24.1 Å². The molecule has 0 radical (unpaired) electrons. The van der Waals surface area contributed by atoms with E-state index in [0.717, 1.165) is 17.5 Å². The minimum absolute atomic E-state index is 0.547. The fraction of sp³-hybridized carbons (Fsp3) is 0.333. The number of hydrogen-bond acceptors (Lipinski definition) is 2. The van der Waals surface area contributed by atoms with Gasteiger partial charge in [-0.2, -0.15) is 0 Å². The number of pyridine rings is 1. The molecular formula is C18H19NO2. The molecule has 3 nitrogen and oxygen atoms in total. The fourth-order valence-corrected chi connectivity index (χ4v) is 3.31. The van der Waals surface area contributed by atoms with Crippen LogP contribution in [0.3, 0.4) is 0 Å². The van der Waals surface area contributed by atoms with Crippen LogP contribution in [0.5, 0.6) is 0 Å². The highest BCUT2D eigenvalue weighted by molar-refractivity contribution is 5.76. The number of aryl methyl sites for hydroxylation is 2. The normalized spacial score (nSPS) is 20.8. The van der Waals surface area contributed by atoms with Crippen LogP contribution in [0.15, 0.2) is 42.7 Å². The van der Waals surface area contributed by atoms with Crippen LogP contribution in [0.25, 0.3) is 0 Å². The Morgan fingerprint density at radius 1 is 1.29 bits per heavy atom. The standard InChI is InChI=1S/C18H19NO2/c1-13-8-14(12-19-11-13)9-18(17(20)21)7-6-15-4-2-3-5-16(15)10-18/h2-5,8,11-12H,6-7,9-10H2,1H3,(H,20,21). The number of nitrogens with zero attached hydrogens (tertiary/aromatic N) is 1. The van der Waals surface area contributed by atoms with Gasteiger partial charge in [0.25, 0.3) is 0 Å². The first kappa shape index (κ1) is 13.8. The summed E-state index contributed by atoms with van der Waals surface area (Å²) in [5, 5.41) is 9.82. The van der Waals surface area contributed by atoms with Crippen molar-refractivity contribution in [1.82, 2.24) is 4.98 Å². The lowest BCUT2D eigenvalue weighted by molar-refractivity contribution is -0.149. The molecule has 1 aromatic heterocycles. The Kier molecular flexibility index (Phi) is 3.50. The van der Waals surface area contributed by atoms with Crippen LogP contribution in [-0.4, -0.2) is 16.1 Å². The van der Waals surface area contributed by atoms with Gasteiger partial charge in [-0.3, -0.25) is 9.78 Å². The second-order valence-electron chi connectivity index (χ2n) is 6.08. The van der Waals surface area contributed by atoms with Gasteiger partial charge >= 0.3 is 5.97 Å². The molecular weight excluding hydrogens is 262 g/mol. The van der Waals surface area contributed by atoms with Crippen molar-refractivity contribution in [2.24, 2.45) is 5.41 Å². The van der Waals surface area contributed by atoms with Crippen LogP contribution in [0.4, 0.5) is 0 Å². The Hall–Kier alpha value is -2.16. The van der Waals surface area contributed by atoms with Gasteiger partial charge < -0.3 is 5.11 Å². The SMILES string of the molecule is Cc1cncc(CC2(C(=O)O)CCc3ccccc3C2)c1. The third-order valence-electron chi connectivity index (χ3n) is 4.45. The molecule has 21 heavy (non-hydrogen) atoms. The van der Waals surface area contributed by atoms with Crippen molar-refractivity contribution in [2.75, 3.05) is 0 Å². The minimum Gasteiger partial charge on any atom is -0.481 e. The maximum absolute atomic E-state index is 12.0. The molecule has 1 aromatic carbocycles. The van der Waals surface area contributed by atoms with E-state index < -0.39 is 11.4 Å². The Morgan fingerprint density at radius 2 is 2.05 bits per heavy atom. The lowest BCUT2D eigenvalue weighted by Gasteiger charge is -2.34. The van der Waals surface area contributed by atoms with Crippen LogP contribution >= 0.6 is 0 Å². The van der Waals surface area contributed by atoms with Crippen molar-refractivity contribution in [2.45, 2.75) is 32.6 Å². The number of aromatic nitrogens is 1. The number of aliphatic carboxylic acids is 1. The first-order valence-corrected chi connectivity index (χ1v) is 7.30. The number of carbonyl (C=O) groups is 1. The van der Waals surface area contributed by atoms with Gasteiger partial charge in [0.15, 0.2) is 0 Å².